The lowest BCUT2D eigenvalue weighted by molar-refractivity contribution is -0.142. The Bertz CT molecular complexity index is 501. The van der Waals surface area contributed by atoms with Gasteiger partial charge in [-0.3, -0.25) is 14.4 Å². The summed E-state index contributed by atoms with van der Waals surface area (Å²) in [4.78, 5) is 35.5. The van der Waals surface area contributed by atoms with Crippen molar-refractivity contribution in [2.75, 3.05) is 5.75 Å². The van der Waals surface area contributed by atoms with Crippen molar-refractivity contribution in [2.24, 2.45) is 16.9 Å². The fourth-order valence-electron chi connectivity index (χ4n) is 2.91. The Balaban J connectivity index is 2.91. The average molecular weight is 345 g/mol. The summed E-state index contributed by atoms with van der Waals surface area (Å²) in [6.07, 6.45) is -0.560. The van der Waals surface area contributed by atoms with Gasteiger partial charge >= 0.3 is 5.97 Å². The Morgan fingerprint density at radius 2 is 1.87 bits per heavy atom. The highest BCUT2D eigenvalue weighted by atomic mass is 32.2. The summed E-state index contributed by atoms with van der Waals surface area (Å²) in [5, 5.41) is 11.6. The number of thioether (sulfide) groups is 1. The van der Waals surface area contributed by atoms with Crippen molar-refractivity contribution in [1.29, 1.82) is 0 Å². The van der Waals surface area contributed by atoms with Crippen LogP contribution in [-0.4, -0.2) is 50.9 Å². The van der Waals surface area contributed by atoms with Crippen LogP contribution in [0.2, 0.25) is 0 Å². The van der Waals surface area contributed by atoms with E-state index in [0.29, 0.717) is 0 Å². The number of carboxylic acid groups (broad SMARTS) is 1. The lowest BCUT2D eigenvalue weighted by Gasteiger charge is -2.37. The Morgan fingerprint density at radius 3 is 2.26 bits per heavy atom. The molecule has 0 bridgehead atoms. The molecule has 1 rings (SSSR count). The Kier molecular flexibility index (Phi) is 5.55. The molecule has 0 aromatic heterocycles. The maximum Gasteiger partial charge on any atom is 0.305 e. The Morgan fingerprint density at radius 1 is 1.35 bits per heavy atom. The zero-order valence-electron chi connectivity index (χ0n) is 14.3. The van der Waals surface area contributed by atoms with Crippen molar-refractivity contribution < 1.29 is 19.5 Å². The van der Waals surface area contributed by atoms with Crippen molar-refractivity contribution in [3.63, 3.8) is 0 Å². The Hall–Kier alpha value is -1.12. The summed E-state index contributed by atoms with van der Waals surface area (Å²) in [5.74, 6) is -1.74. The number of amides is 1. The van der Waals surface area contributed by atoms with Gasteiger partial charge in [-0.2, -0.15) is 11.8 Å². The molecule has 1 aliphatic heterocycles. The number of Topliss-reactive ketones (excluding diaryl/α,β-unsaturated/α-hetero) is 1. The predicted octanol–water partition coefficient (Wildman–Crippen LogP) is 0.111. The van der Waals surface area contributed by atoms with Crippen LogP contribution >= 0.6 is 11.8 Å². The molecule has 3 atom stereocenters. The lowest BCUT2D eigenvalue weighted by atomic mass is 9.79. The molecule has 0 aliphatic carbocycles. The molecule has 1 saturated heterocycles. The van der Waals surface area contributed by atoms with E-state index in [1.54, 1.807) is 11.8 Å². The van der Waals surface area contributed by atoms with E-state index in [1.165, 1.54) is 6.92 Å². The first-order valence-electron chi connectivity index (χ1n) is 7.47. The highest BCUT2D eigenvalue weighted by molar-refractivity contribution is 8.01. The van der Waals surface area contributed by atoms with Gasteiger partial charge in [-0.15, -0.1) is 0 Å². The first-order chi connectivity index (χ1) is 10.2. The number of carboxylic acids is 1. The van der Waals surface area contributed by atoms with Crippen LogP contribution in [0.3, 0.4) is 0 Å². The van der Waals surface area contributed by atoms with Crippen LogP contribution in [0.5, 0.6) is 0 Å². The van der Waals surface area contributed by atoms with Crippen LogP contribution < -0.4 is 16.8 Å². The SMILES string of the molecule is CC1(C)CSC(C)(C)C1NC(=O)[C@@](C)(N)C(=O)[C@@H](N)CC(=O)O. The lowest BCUT2D eigenvalue weighted by Crippen LogP contribution is -2.65. The van der Waals surface area contributed by atoms with Gasteiger partial charge in [0.2, 0.25) is 5.91 Å². The maximum atomic E-state index is 12.6. The fraction of sp³-hybridized carbons (Fsp3) is 0.800. The number of rotatable bonds is 6. The molecule has 1 aliphatic rings. The number of nitrogens with one attached hydrogen (secondary N) is 1. The smallest absolute Gasteiger partial charge is 0.305 e. The number of aliphatic carboxylic acids is 1. The van der Waals surface area contributed by atoms with Crippen LogP contribution in [0.25, 0.3) is 0 Å². The molecule has 1 amide bonds. The molecule has 0 aromatic carbocycles. The maximum absolute atomic E-state index is 12.6. The van der Waals surface area contributed by atoms with Gasteiger partial charge in [-0.05, 0) is 26.2 Å². The molecule has 1 unspecified atom stereocenters. The van der Waals surface area contributed by atoms with E-state index < -0.39 is 35.7 Å². The summed E-state index contributed by atoms with van der Waals surface area (Å²) < 4.78 is -0.193. The van der Waals surface area contributed by atoms with Crippen molar-refractivity contribution in [3.05, 3.63) is 0 Å². The predicted molar refractivity (Wildman–Crippen MR) is 90.1 cm³/mol. The van der Waals surface area contributed by atoms with Gasteiger partial charge in [0.15, 0.2) is 11.3 Å². The van der Waals surface area contributed by atoms with E-state index in [4.69, 9.17) is 16.6 Å². The number of carbonyl (C=O) groups excluding carboxylic acids is 2. The zero-order chi connectivity index (χ0) is 18.2. The van der Waals surface area contributed by atoms with Crippen molar-refractivity contribution in [2.45, 2.75) is 63.4 Å². The largest absolute Gasteiger partial charge is 0.481 e. The van der Waals surface area contributed by atoms with Crippen LogP contribution in [0.1, 0.15) is 41.0 Å². The van der Waals surface area contributed by atoms with E-state index in [1.807, 2.05) is 27.7 Å². The molecule has 132 valence electrons. The monoisotopic (exact) mass is 345 g/mol. The van der Waals surface area contributed by atoms with Gasteiger partial charge < -0.3 is 21.9 Å². The summed E-state index contributed by atoms with van der Waals surface area (Å²) in [6.45, 7) is 9.43. The first kappa shape index (κ1) is 19.9. The third kappa shape index (κ3) is 4.24. The minimum absolute atomic E-state index is 0.147. The standard InChI is InChI=1S/C15H27N3O4S/c1-13(2)7-23-14(3,4)11(13)18-12(22)15(5,17)10(21)8(16)6-9(19)20/h8,11H,6-7,16-17H2,1-5H3,(H,18,22)(H,19,20)/t8-,11?,15-/m0/s1. The second kappa shape index (κ2) is 6.41. The van der Waals surface area contributed by atoms with E-state index in [0.717, 1.165) is 5.75 Å². The van der Waals surface area contributed by atoms with Gasteiger partial charge in [-0.1, -0.05) is 13.8 Å². The Labute approximate surface area is 140 Å². The summed E-state index contributed by atoms with van der Waals surface area (Å²) in [7, 11) is 0. The van der Waals surface area contributed by atoms with Crippen LogP contribution in [0, 0.1) is 5.41 Å². The molecule has 6 N–H and O–H groups in total. The first-order valence-corrected chi connectivity index (χ1v) is 8.46. The number of hydrogen-bond donors (Lipinski definition) is 4. The van der Waals surface area contributed by atoms with Gasteiger partial charge in [0.25, 0.3) is 0 Å². The van der Waals surface area contributed by atoms with Gasteiger partial charge in [-0.25, -0.2) is 0 Å². The number of hydrogen-bond acceptors (Lipinski definition) is 6. The van der Waals surface area contributed by atoms with Gasteiger partial charge in [0, 0.05) is 16.5 Å². The van der Waals surface area contributed by atoms with Gasteiger partial charge in [0.05, 0.1) is 12.5 Å². The number of ketones is 1. The number of nitrogens with two attached hydrogens (primary N) is 2. The average Bonchev–Trinajstić information content (AvgIpc) is 2.59. The highest BCUT2D eigenvalue weighted by Gasteiger charge is 2.51. The second-order valence-corrected chi connectivity index (χ2v) is 9.19. The molecular formula is C15H27N3O4S. The zero-order valence-corrected chi connectivity index (χ0v) is 15.1. The minimum atomic E-state index is -1.87. The molecule has 0 saturated carbocycles. The van der Waals surface area contributed by atoms with Crippen molar-refractivity contribution in [3.8, 4) is 0 Å². The minimum Gasteiger partial charge on any atom is -0.481 e. The van der Waals surface area contributed by atoms with Crippen molar-refractivity contribution >= 4 is 29.4 Å². The van der Waals surface area contributed by atoms with Gasteiger partial charge in [0.1, 0.15) is 0 Å². The topological polar surface area (TPSA) is 136 Å². The van der Waals surface area contributed by atoms with E-state index in [2.05, 4.69) is 5.32 Å². The van der Waals surface area contributed by atoms with E-state index in [-0.39, 0.29) is 16.2 Å². The fourth-order valence-corrected chi connectivity index (χ4v) is 4.36. The summed E-state index contributed by atoms with van der Waals surface area (Å²) in [6, 6.07) is -1.48. The molecule has 0 spiro atoms. The molecule has 1 fully saturated rings. The summed E-state index contributed by atoms with van der Waals surface area (Å²) >= 11 is 1.75. The number of carbonyl (C=O) groups is 3. The molecule has 0 radical (unpaired) electrons. The molecule has 1 heterocycles. The molecular weight excluding hydrogens is 318 g/mol. The molecule has 0 aromatic rings. The molecule has 8 heteroatoms. The van der Waals surface area contributed by atoms with Crippen LogP contribution in [0.15, 0.2) is 0 Å². The second-order valence-electron chi connectivity index (χ2n) is 7.56. The quantitative estimate of drug-likeness (QED) is 0.502. The third-order valence-corrected chi connectivity index (χ3v) is 6.15. The highest BCUT2D eigenvalue weighted by Crippen LogP contribution is 2.48. The molecule has 23 heavy (non-hydrogen) atoms. The van der Waals surface area contributed by atoms with Crippen LogP contribution in [0.4, 0.5) is 0 Å². The normalized spacial score (nSPS) is 26.1. The molecule has 7 nitrogen and oxygen atoms in total. The van der Waals surface area contributed by atoms with E-state index >= 15 is 0 Å². The van der Waals surface area contributed by atoms with E-state index in [9.17, 15) is 14.4 Å². The third-order valence-electron chi connectivity index (χ3n) is 4.28. The summed E-state index contributed by atoms with van der Waals surface area (Å²) in [5.41, 5.74) is 9.44. The van der Waals surface area contributed by atoms with Crippen molar-refractivity contribution in [1.82, 2.24) is 5.32 Å². The van der Waals surface area contributed by atoms with Crippen LogP contribution in [-0.2, 0) is 14.4 Å².